The minimum atomic E-state index is -0.577. The molecule has 0 bridgehead atoms. The number of benzene rings is 1. The third-order valence-electron chi connectivity index (χ3n) is 2.88. The summed E-state index contributed by atoms with van der Waals surface area (Å²) in [5, 5.41) is 5.87. The molecule has 0 atom stereocenters. The second kappa shape index (κ2) is 4.52. The molecule has 1 aromatic heterocycles. The molecule has 0 radical (unpaired) electrons. The van der Waals surface area contributed by atoms with Crippen LogP contribution in [0.25, 0.3) is 10.9 Å². The quantitative estimate of drug-likeness (QED) is 0.722. The second-order valence-corrected chi connectivity index (χ2v) is 4.59. The topological polar surface area (TPSA) is 74.0 Å². The van der Waals surface area contributed by atoms with Gasteiger partial charge in [0, 0.05) is 22.7 Å². The van der Waals surface area contributed by atoms with Crippen molar-refractivity contribution in [3.05, 3.63) is 36.0 Å². The molecule has 94 valence electrons. The van der Waals surface area contributed by atoms with Gasteiger partial charge in [-0.15, -0.1) is 0 Å². The molecule has 2 aromatic rings. The first-order valence-electron chi connectivity index (χ1n) is 5.63. The Kier molecular flexibility index (Phi) is 3.06. The SMILES string of the molecule is CC(C)(NC(=O)NC=O)c1c[nH]c2ccccc12. The Balaban J connectivity index is 2.34. The number of hydrogen-bond acceptors (Lipinski definition) is 2. The number of nitrogens with one attached hydrogen (secondary N) is 3. The Morgan fingerprint density at radius 3 is 2.78 bits per heavy atom. The summed E-state index contributed by atoms with van der Waals surface area (Å²) in [5.41, 5.74) is 1.41. The molecule has 5 nitrogen and oxygen atoms in total. The van der Waals surface area contributed by atoms with Crippen LogP contribution in [0.3, 0.4) is 0 Å². The normalized spacial score (nSPS) is 11.2. The van der Waals surface area contributed by atoms with Crippen LogP contribution in [0, 0.1) is 0 Å². The fourth-order valence-electron chi connectivity index (χ4n) is 2.03. The van der Waals surface area contributed by atoms with Crippen LogP contribution in [0.4, 0.5) is 4.79 Å². The van der Waals surface area contributed by atoms with Crippen molar-refractivity contribution in [2.45, 2.75) is 19.4 Å². The van der Waals surface area contributed by atoms with Gasteiger partial charge in [-0.25, -0.2) is 4.79 Å². The van der Waals surface area contributed by atoms with Gasteiger partial charge in [-0.1, -0.05) is 18.2 Å². The first kappa shape index (κ1) is 12.2. The highest BCUT2D eigenvalue weighted by atomic mass is 16.2. The number of hydrogen-bond donors (Lipinski definition) is 3. The first-order valence-corrected chi connectivity index (χ1v) is 5.63. The van der Waals surface area contributed by atoms with Gasteiger partial charge in [0.25, 0.3) is 0 Å². The van der Waals surface area contributed by atoms with E-state index in [2.05, 4.69) is 15.6 Å². The van der Waals surface area contributed by atoms with Crippen LogP contribution in [0.1, 0.15) is 19.4 Å². The van der Waals surface area contributed by atoms with Crippen LogP contribution in [-0.4, -0.2) is 17.4 Å². The highest BCUT2D eigenvalue weighted by molar-refractivity contribution is 5.87. The lowest BCUT2D eigenvalue weighted by Crippen LogP contribution is -2.46. The molecule has 5 heteroatoms. The fraction of sp³-hybridized carbons (Fsp3) is 0.231. The van der Waals surface area contributed by atoms with E-state index in [9.17, 15) is 9.59 Å². The Hall–Kier alpha value is -2.30. The molecule has 0 aliphatic carbocycles. The number of aromatic nitrogens is 1. The van der Waals surface area contributed by atoms with Crippen molar-refractivity contribution in [3.63, 3.8) is 0 Å². The van der Waals surface area contributed by atoms with Crippen LogP contribution >= 0.6 is 0 Å². The second-order valence-electron chi connectivity index (χ2n) is 4.59. The summed E-state index contributed by atoms with van der Waals surface area (Å²) in [7, 11) is 0. The van der Waals surface area contributed by atoms with Gasteiger partial charge >= 0.3 is 6.03 Å². The molecule has 0 unspecified atom stereocenters. The number of amides is 3. The van der Waals surface area contributed by atoms with E-state index in [-0.39, 0.29) is 0 Å². The lowest BCUT2D eigenvalue weighted by Gasteiger charge is -2.25. The molecule has 0 saturated carbocycles. The summed E-state index contributed by atoms with van der Waals surface area (Å²) in [6, 6.07) is 7.34. The zero-order valence-electron chi connectivity index (χ0n) is 10.3. The van der Waals surface area contributed by atoms with Crippen molar-refractivity contribution in [2.75, 3.05) is 0 Å². The Morgan fingerprint density at radius 2 is 2.06 bits per heavy atom. The number of urea groups is 1. The summed E-state index contributed by atoms with van der Waals surface area (Å²) in [6.45, 7) is 3.76. The maximum Gasteiger partial charge on any atom is 0.321 e. The van der Waals surface area contributed by atoms with Crippen LogP contribution < -0.4 is 10.6 Å². The van der Waals surface area contributed by atoms with Gasteiger partial charge in [-0.2, -0.15) is 0 Å². The average molecular weight is 245 g/mol. The summed E-state index contributed by atoms with van der Waals surface area (Å²) < 4.78 is 0. The zero-order chi connectivity index (χ0) is 13.2. The van der Waals surface area contributed by atoms with Crippen molar-refractivity contribution in [1.82, 2.24) is 15.6 Å². The predicted octanol–water partition coefficient (Wildman–Crippen LogP) is 1.86. The van der Waals surface area contributed by atoms with E-state index in [1.54, 1.807) is 0 Å². The Bertz CT molecular complexity index is 587. The van der Waals surface area contributed by atoms with Gasteiger partial charge < -0.3 is 10.3 Å². The van der Waals surface area contributed by atoms with Crippen LogP contribution in [0.15, 0.2) is 30.5 Å². The summed E-state index contributed by atoms with van der Waals surface area (Å²) >= 11 is 0. The number of aromatic amines is 1. The predicted molar refractivity (Wildman–Crippen MR) is 69.1 cm³/mol. The van der Waals surface area contributed by atoms with E-state index in [1.807, 2.05) is 44.3 Å². The fourth-order valence-corrected chi connectivity index (χ4v) is 2.03. The molecule has 3 amide bonds. The number of H-pyrrole nitrogens is 1. The standard InChI is InChI=1S/C13H15N3O2/c1-13(2,16-12(18)15-8-17)10-7-14-11-6-4-3-5-9(10)11/h3-8,14H,1-2H3,(H2,15,16,17,18). The Labute approximate surface area is 105 Å². The Morgan fingerprint density at radius 1 is 1.33 bits per heavy atom. The van der Waals surface area contributed by atoms with Crippen LogP contribution in [0.5, 0.6) is 0 Å². The molecule has 1 aromatic carbocycles. The number of rotatable bonds is 3. The van der Waals surface area contributed by atoms with E-state index in [0.717, 1.165) is 16.5 Å². The van der Waals surface area contributed by atoms with Gasteiger partial charge in [0.2, 0.25) is 6.41 Å². The van der Waals surface area contributed by atoms with E-state index in [4.69, 9.17) is 0 Å². The lowest BCUT2D eigenvalue weighted by atomic mass is 9.94. The molecule has 18 heavy (non-hydrogen) atoms. The maximum absolute atomic E-state index is 11.4. The lowest BCUT2D eigenvalue weighted by molar-refractivity contribution is -0.108. The summed E-state index contributed by atoms with van der Waals surface area (Å²) in [6.07, 6.45) is 2.23. The summed E-state index contributed by atoms with van der Waals surface area (Å²) in [4.78, 5) is 24.8. The monoisotopic (exact) mass is 245 g/mol. The van der Waals surface area contributed by atoms with Gasteiger partial charge in [-0.05, 0) is 19.9 Å². The largest absolute Gasteiger partial charge is 0.361 e. The highest BCUT2D eigenvalue weighted by Crippen LogP contribution is 2.28. The van der Waals surface area contributed by atoms with Crippen molar-refractivity contribution in [2.24, 2.45) is 0 Å². The molecule has 2 rings (SSSR count). The number of para-hydroxylation sites is 1. The van der Waals surface area contributed by atoms with E-state index >= 15 is 0 Å². The molecule has 0 spiro atoms. The molecule has 1 heterocycles. The summed E-state index contributed by atoms with van der Waals surface area (Å²) in [5.74, 6) is 0. The highest BCUT2D eigenvalue weighted by Gasteiger charge is 2.25. The van der Waals surface area contributed by atoms with Crippen molar-refractivity contribution < 1.29 is 9.59 Å². The minimum absolute atomic E-state index is 0.362. The van der Waals surface area contributed by atoms with Gasteiger partial charge in [0.1, 0.15) is 0 Å². The van der Waals surface area contributed by atoms with E-state index in [1.165, 1.54) is 0 Å². The van der Waals surface area contributed by atoms with Gasteiger partial charge in [0.15, 0.2) is 0 Å². The van der Waals surface area contributed by atoms with Gasteiger partial charge in [0.05, 0.1) is 5.54 Å². The van der Waals surface area contributed by atoms with Crippen molar-refractivity contribution >= 4 is 23.3 Å². The zero-order valence-corrected chi connectivity index (χ0v) is 10.3. The molecule has 0 fully saturated rings. The van der Waals surface area contributed by atoms with E-state index in [0.29, 0.717) is 6.41 Å². The maximum atomic E-state index is 11.4. The number of carbonyl (C=O) groups is 2. The van der Waals surface area contributed by atoms with E-state index < -0.39 is 11.6 Å². The average Bonchev–Trinajstić information content (AvgIpc) is 2.72. The smallest absolute Gasteiger partial charge is 0.321 e. The van der Waals surface area contributed by atoms with Crippen LogP contribution in [0.2, 0.25) is 0 Å². The number of imide groups is 1. The first-order chi connectivity index (χ1) is 8.54. The molecule has 0 aliphatic heterocycles. The number of carbonyl (C=O) groups excluding carboxylic acids is 2. The third kappa shape index (κ3) is 2.20. The van der Waals surface area contributed by atoms with Crippen molar-refractivity contribution in [1.29, 1.82) is 0 Å². The molecule has 3 N–H and O–H groups in total. The molecule has 0 saturated heterocycles. The third-order valence-corrected chi connectivity index (χ3v) is 2.88. The molecular formula is C13H15N3O2. The minimum Gasteiger partial charge on any atom is -0.361 e. The number of fused-ring (bicyclic) bond motifs is 1. The van der Waals surface area contributed by atoms with Crippen molar-refractivity contribution in [3.8, 4) is 0 Å². The van der Waals surface area contributed by atoms with Gasteiger partial charge in [-0.3, -0.25) is 10.1 Å². The molecule has 0 aliphatic rings. The molecular weight excluding hydrogens is 230 g/mol. The van der Waals surface area contributed by atoms with Crippen LogP contribution in [-0.2, 0) is 10.3 Å².